The Hall–Kier alpha value is -1.61. The zero-order valence-corrected chi connectivity index (χ0v) is 10.4. The summed E-state index contributed by atoms with van der Waals surface area (Å²) < 4.78 is 1.87. The number of aliphatic hydroxyl groups is 1. The Morgan fingerprint density at radius 2 is 1.78 bits per heavy atom. The van der Waals surface area contributed by atoms with Crippen LogP contribution in [0.2, 0.25) is 0 Å². The van der Waals surface area contributed by atoms with Crippen molar-refractivity contribution in [2.45, 2.75) is 37.7 Å². The highest BCUT2D eigenvalue weighted by Crippen LogP contribution is 2.33. The van der Waals surface area contributed by atoms with Gasteiger partial charge in [0.15, 0.2) is 0 Å². The van der Waals surface area contributed by atoms with Gasteiger partial charge < -0.3 is 5.11 Å². The summed E-state index contributed by atoms with van der Waals surface area (Å²) in [6, 6.07) is 10.6. The highest BCUT2D eigenvalue weighted by atomic mass is 16.3. The lowest BCUT2D eigenvalue weighted by molar-refractivity contribution is 0.122. The molecular formula is C15H18N2O. The fourth-order valence-electron chi connectivity index (χ4n) is 2.73. The standard InChI is InChI=1S/C15H18N2O/c18-15-8-4-13(5-9-15)12-2-6-14(7-3-12)17-11-1-10-16-17/h1-3,6-7,10-11,13,15,18H,4-5,8-9H2/t13-,15+. The van der Waals surface area contributed by atoms with E-state index in [-0.39, 0.29) is 6.10 Å². The number of hydrogen-bond donors (Lipinski definition) is 1. The molecule has 1 fully saturated rings. The lowest BCUT2D eigenvalue weighted by Gasteiger charge is -2.25. The van der Waals surface area contributed by atoms with Crippen LogP contribution >= 0.6 is 0 Å². The fourth-order valence-corrected chi connectivity index (χ4v) is 2.73. The molecule has 0 bridgehead atoms. The molecule has 0 amide bonds. The number of aromatic nitrogens is 2. The molecule has 0 unspecified atom stereocenters. The second kappa shape index (κ2) is 4.94. The zero-order valence-electron chi connectivity index (χ0n) is 10.4. The zero-order chi connectivity index (χ0) is 12.4. The quantitative estimate of drug-likeness (QED) is 0.879. The van der Waals surface area contributed by atoms with Gasteiger partial charge in [-0.05, 0) is 55.4 Å². The normalized spacial score (nSPS) is 24.1. The summed E-state index contributed by atoms with van der Waals surface area (Å²) >= 11 is 0. The van der Waals surface area contributed by atoms with Crippen molar-refractivity contribution in [1.82, 2.24) is 9.78 Å². The summed E-state index contributed by atoms with van der Waals surface area (Å²) in [5.74, 6) is 0.611. The van der Waals surface area contributed by atoms with Crippen molar-refractivity contribution in [2.75, 3.05) is 0 Å². The maximum Gasteiger partial charge on any atom is 0.0645 e. The van der Waals surface area contributed by atoms with Crippen LogP contribution < -0.4 is 0 Å². The molecule has 94 valence electrons. The first-order chi connectivity index (χ1) is 8.83. The van der Waals surface area contributed by atoms with Gasteiger partial charge in [-0.25, -0.2) is 4.68 Å². The van der Waals surface area contributed by atoms with Crippen LogP contribution in [0.3, 0.4) is 0 Å². The molecule has 1 aromatic carbocycles. The minimum atomic E-state index is -0.0791. The Kier molecular flexibility index (Phi) is 3.15. The average molecular weight is 242 g/mol. The predicted molar refractivity (Wildman–Crippen MR) is 70.8 cm³/mol. The Bertz CT molecular complexity index is 482. The molecule has 3 heteroatoms. The number of hydrogen-bond acceptors (Lipinski definition) is 2. The Morgan fingerprint density at radius 1 is 1.06 bits per heavy atom. The SMILES string of the molecule is O[C@H]1CC[C@@H](c2ccc(-n3cccn3)cc2)CC1. The first-order valence-electron chi connectivity index (χ1n) is 6.61. The highest BCUT2D eigenvalue weighted by Gasteiger charge is 2.20. The molecule has 1 N–H and O–H groups in total. The van der Waals surface area contributed by atoms with E-state index in [2.05, 4.69) is 29.4 Å². The fraction of sp³-hybridized carbons (Fsp3) is 0.400. The van der Waals surface area contributed by atoms with Gasteiger partial charge in [0.2, 0.25) is 0 Å². The van der Waals surface area contributed by atoms with E-state index in [4.69, 9.17) is 0 Å². The van der Waals surface area contributed by atoms with Crippen LogP contribution in [-0.4, -0.2) is 21.0 Å². The van der Waals surface area contributed by atoms with E-state index >= 15 is 0 Å². The van der Waals surface area contributed by atoms with Gasteiger partial charge in [0.05, 0.1) is 11.8 Å². The van der Waals surface area contributed by atoms with Crippen LogP contribution in [0.4, 0.5) is 0 Å². The molecule has 2 aromatic rings. The van der Waals surface area contributed by atoms with Gasteiger partial charge in [0, 0.05) is 12.4 Å². The molecule has 0 aliphatic heterocycles. The van der Waals surface area contributed by atoms with Gasteiger partial charge in [-0.1, -0.05) is 12.1 Å². The lowest BCUT2D eigenvalue weighted by Crippen LogP contribution is -2.16. The average Bonchev–Trinajstić information content (AvgIpc) is 2.94. The molecule has 0 atom stereocenters. The van der Waals surface area contributed by atoms with E-state index in [0.29, 0.717) is 5.92 Å². The maximum atomic E-state index is 9.53. The third-order valence-corrected chi connectivity index (χ3v) is 3.83. The monoisotopic (exact) mass is 242 g/mol. The van der Waals surface area contributed by atoms with Crippen LogP contribution in [-0.2, 0) is 0 Å². The van der Waals surface area contributed by atoms with Gasteiger partial charge in [-0.2, -0.15) is 5.10 Å². The summed E-state index contributed by atoms with van der Waals surface area (Å²) in [6.07, 6.45) is 7.73. The highest BCUT2D eigenvalue weighted by molar-refractivity contribution is 5.35. The topological polar surface area (TPSA) is 38.0 Å². The van der Waals surface area contributed by atoms with Crippen molar-refractivity contribution in [2.24, 2.45) is 0 Å². The van der Waals surface area contributed by atoms with E-state index in [1.165, 1.54) is 5.56 Å². The van der Waals surface area contributed by atoms with E-state index in [0.717, 1.165) is 31.4 Å². The van der Waals surface area contributed by atoms with E-state index in [1.807, 2.05) is 16.9 Å². The molecule has 18 heavy (non-hydrogen) atoms. The summed E-state index contributed by atoms with van der Waals surface area (Å²) in [6.45, 7) is 0. The second-order valence-corrected chi connectivity index (χ2v) is 5.05. The Balaban J connectivity index is 1.75. The largest absolute Gasteiger partial charge is 0.393 e. The summed E-state index contributed by atoms with van der Waals surface area (Å²) in [7, 11) is 0. The third kappa shape index (κ3) is 2.31. The van der Waals surface area contributed by atoms with Crippen LogP contribution in [0.25, 0.3) is 5.69 Å². The van der Waals surface area contributed by atoms with Crippen molar-refractivity contribution in [3.63, 3.8) is 0 Å². The molecule has 1 saturated carbocycles. The molecule has 3 nitrogen and oxygen atoms in total. The molecule has 3 rings (SSSR count). The summed E-state index contributed by atoms with van der Waals surface area (Å²) in [4.78, 5) is 0. The molecule has 0 saturated heterocycles. The number of aliphatic hydroxyl groups excluding tert-OH is 1. The van der Waals surface area contributed by atoms with E-state index in [9.17, 15) is 5.11 Å². The van der Waals surface area contributed by atoms with E-state index < -0.39 is 0 Å². The Labute approximate surface area is 107 Å². The van der Waals surface area contributed by atoms with Crippen molar-refractivity contribution in [3.8, 4) is 5.69 Å². The van der Waals surface area contributed by atoms with Crippen molar-refractivity contribution in [3.05, 3.63) is 48.3 Å². The van der Waals surface area contributed by atoms with Crippen LogP contribution in [0.1, 0.15) is 37.2 Å². The van der Waals surface area contributed by atoms with Crippen molar-refractivity contribution < 1.29 is 5.11 Å². The second-order valence-electron chi connectivity index (χ2n) is 5.05. The minimum absolute atomic E-state index is 0.0791. The Morgan fingerprint density at radius 3 is 2.39 bits per heavy atom. The molecule has 0 radical (unpaired) electrons. The molecule has 1 aliphatic rings. The summed E-state index contributed by atoms with van der Waals surface area (Å²) in [5, 5.41) is 13.8. The van der Waals surface area contributed by atoms with Gasteiger partial charge >= 0.3 is 0 Å². The number of rotatable bonds is 2. The molecular weight excluding hydrogens is 224 g/mol. The van der Waals surface area contributed by atoms with Crippen molar-refractivity contribution >= 4 is 0 Å². The first-order valence-corrected chi connectivity index (χ1v) is 6.61. The molecule has 1 heterocycles. The van der Waals surface area contributed by atoms with Crippen molar-refractivity contribution in [1.29, 1.82) is 0 Å². The summed E-state index contributed by atoms with van der Waals surface area (Å²) in [5.41, 5.74) is 2.48. The first kappa shape index (κ1) is 11.5. The van der Waals surface area contributed by atoms with Gasteiger partial charge in [-0.15, -0.1) is 0 Å². The third-order valence-electron chi connectivity index (χ3n) is 3.83. The number of nitrogens with zero attached hydrogens (tertiary/aromatic N) is 2. The minimum Gasteiger partial charge on any atom is -0.393 e. The molecule has 1 aromatic heterocycles. The lowest BCUT2D eigenvalue weighted by atomic mass is 9.83. The number of benzene rings is 1. The van der Waals surface area contributed by atoms with E-state index in [1.54, 1.807) is 6.20 Å². The van der Waals surface area contributed by atoms with Crippen LogP contribution in [0.15, 0.2) is 42.7 Å². The maximum absolute atomic E-state index is 9.53. The molecule has 1 aliphatic carbocycles. The van der Waals surface area contributed by atoms with Gasteiger partial charge in [0.1, 0.15) is 0 Å². The van der Waals surface area contributed by atoms with Gasteiger partial charge in [0.25, 0.3) is 0 Å². The molecule has 0 spiro atoms. The van der Waals surface area contributed by atoms with Gasteiger partial charge in [-0.3, -0.25) is 0 Å². The van der Waals surface area contributed by atoms with Crippen LogP contribution in [0.5, 0.6) is 0 Å². The predicted octanol–water partition coefficient (Wildman–Crippen LogP) is 2.89. The van der Waals surface area contributed by atoms with Crippen LogP contribution in [0, 0.1) is 0 Å². The smallest absolute Gasteiger partial charge is 0.0645 e.